The number of aliphatic hydroxyl groups is 1. The predicted molar refractivity (Wildman–Crippen MR) is 91.2 cm³/mol. The molecule has 24 heavy (non-hydrogen) atoms. The number of carbonyl (C=O) groups is 1. The van der Waals surface area contributed by atoms with Gasteiger partial charge >= 0.3 is 5.97 Å². The van der Waals surface area contributed by atoms with Crippen LogP contribution in [0.1, 0.15) is 30.8 Å². The Morgan fingerprint density at radius 3 is 2.58 bits per heavy atom. The van der Waals surface area contributed by atoms with Crippen LogP contribution >= 0.6 is 0 Å². The number of benzene rings is 2. The molecule has 0 amide bonds. The third kappa shape index (κ3) is 3.16. The lowest BCUT2D eigenvalue weighted by Crippen LogP contribution is -2.23. The van der Waals surface area contributed by atoms with Crippen LogP contribution in [0.15, 0.2) is 54.6 Å². The summed E-state index contributed by atoms with van der Waals surface area (Å²) in [5.74, 6) is 0.152. The van der Waals surface area contributed by atoms with Crippen LogP contribution in [0.3, 0.4) is 0 Å². The van der Waals surface area contributed by atoms with Crippen LogP contribution in [-0.2, 0) is 22.7 Å². The van der Waals surface area contributed by atoms with Crippen LogP contribution < -0.4 is 0 Å². The molecule has 1 N–H and O–H groups in total. The first-order valence-corrected chi connectivity index (χ1v) is 8.01. The zero-order valence-corrected chi connectivity index (χ0v) is 13.6. The largest absolute Gasteiger partial charge is 0.459 e. The monoisotopic (exact) mass is 324 g/mol. The van der Waals surface area contributed by atoms with Crippen LogP contribution in [0.25, 0.3) is 11.0 Å². The number of aromatic nitrogens is 2. The summed E-state index contributed by atoms with van der Waals surface area (Å²) in [6.45, 7) is 1.93. The Balaban J connectivity index is 1.87. The van der Waals surface area contributed by atoms with Crippen LogP contribution in [0.4, 0.5) is 0 Å². The second-order valence-corrected chi connectivity index (χ2v) is 5.56. The molecule has 0 aliphatic carbocycles. The van der Waals surface area contributed by atoms with Crippen molar-refractivity contribution in [3.63, 3.8) is 0 Å². The van der Waals surface area contributed by atoms with E-state index in [2.05, 4.69) is 4.98 Å². The van der Waals surface area contributed by atoms with Crippen molar-refractivity contribution >= 4 is 17.0 Å². The standard InChI is InChI=1S/C19H20N2O3/c1-2-16(19(23)24-13-14-8-4-3-5-9-14)21-17-11-7-6-10-15(17)20-18(21)12-22/h3-11,16,22H,2,12-13H2,1H3. The molecule has 5 nitrogen and oxygen atoms in total. The minimum atomic E-state index is -0.511. The van der Waals surface area contributed by atoms with Crippen molar-refractivity contribution in [3.05, 3.63) is 66.0 Å². The molecule has 0 saturated heterocycles. The second-order valence-electron chi connectivity index (χ2n) is 5.56. The number of carbonyl (C=O) groups excluding carboxylic acids is 1. The maximum atomic E-state index is 12.6. The van der Waals surface area contributed by atoms with Crippen molar-refractivity contribution in [2.24, 2.45) is 0 Å². The highest BCUT2D eigenvalue weighted by molar-refractivity contribution is 5.81. The summed E-state index contributed by atoms with van der Waals surface area (Å²) in [7, 11) is 0. The van der Waals surface area contributed by atoms with E-state index in [0.717, 1.165) is 16.6 Å². The molecule has 3 aromatic rings. The number of esters is 1. The van der Waals surface area contributed by atoms with Gasteiger partial charge < -0.3 is 14.4 Å². The second kappa shape index (κ2) is 7.27. The number of para-hydroxylation sites is 2. The van der Waals surface area contributed by atoms with E-state index < -0.39 is 6.04 Å². The zero-order chi connectivity index (χ0) is 16.9. The number of ether oxygens (including phenoxy) is 1. The SMILES string of the molecule is CCC(C(=O)OCc1ccccc1)n1c(CO)nc2ccccc21. The van der Waals surface area contributed by atoms with Gasteiger partial charge in [0, 0.05) is 0 Å². The van der Waals surface area contributed by atoms with Gasteiger partial charge in [-0.05, 0) is 24.1 Å². The Hall–Kier alpha value is -2.66. The molecular weight excluding hydrogens is 304 g/mol. The summed E-state index contributed by atoms with van der Waals surface area (Å²) in [4.78, 5) is 17.0. The molecule has 0 fully saturated rings. The van der Waals surface area contributed by atoms with Crippen molar-refractivity contribution in [2.45, 2.75) is 32.6 Å². The Bertz CT molecular complexity index is 827. The quantitative estimate of drug-likeness (QED) is 0.707. The zero-order valence-electron chi connectivity index (χ0n) is 13.6. The van der Waals surface area contributed by atoms with Crippen molar-refractivity contribution in [1.82, 2.24) is 9.55 Å². The topological polar surface area (TPSA) is 64.3 Å². The lowest BCUT2D eigenvalue weighted by Gasteiger charge is -2.18. The van der Waals surface area contributed by atoms with E-state index in [4.69, 9.17) is 4.74 Å². The molecule has 1 heterocycles. The molecule has 3 rings (SSSR count). The Kier molecular flexibility index (Phi) is 4.91. The average molecular weight is 324 g/mol. The van der Waals surface area contributed by atoms with Gasteiger partial charge in [-0.15, -0.1) is 0 Å². The van der Waals surface area contributed by atoms with E-state index in [-0.39, 0.29) is 19.2 Å². The molecule has 1 atom stereocenters. The molecule has 124 valence electrons. The number of imidazole rings is 1. The van der Waals surface area contributed by atoms with Crippen molar-refractivity contribution in [1.29, 1.82) is 0 Å². The smallest absolute Gasteiger partial charge is 0.329 e. The van der Waals surface area contributed by atoms with E-state index in [1.54, 1.807) is 4.57 Å². The average Bonchev–Trinajstić information content (AvgIpc) is 3.00. The van der Waals surface area contributed by atoms with Crippen LogP contribution in [0.2, 0.25) is 0 Å². The van der Waals surface area contributed by atoms with Gasteiger partial charge in [-0.1, -0.05) is 49.4 Å². The molecule has 1 aromatic heterocycles. The number of hydrogen-bond donors (Lipinski definition) is 1. The van der Waals surface area contributed by atoms with Gasteiger partial charge in [0.15, 0.2) is 0 Å². The third-order valence-corrected chi connectivity index (χ3v) is 4.00. The number of nitrogens with zero attached hydrogens (tertiary/aromatic N) is 2. The van der Waals surface area contributed by atoms with Gasteiger partial charge in [-0.25, -0.2) is 9.78 Å². The van der Waals surface area contributed by atoms with E-state index in [0.29, 0.717) is 12.2 Å². The molecule has 0 aliphatic rings. The first kappa shape index (κ1) is 16.2. The van der Waals surface area contributed by atoms with Gasteiger partial charge in [0.25, 0.3) is 0 Å². The highest BCUT2D eigenvalue weighted by Crippen LogP contribution is 2.24. The van der Waals surface area contributed by atoms with Gasteiger partial charge in [0.2, 0.25) is 0 Å². The maximum absolute atomic E-state index is 12.6. The van der Waals surface area contributed by atoms with Crippen molar-refractivity contribution in [3.8, 4) is 0 Å². The van der Waals surface area contributed by atoms with Crippen LogP contribution in [-0.4, -0.2) is 20.6 Å². The molecule has 0 saturated carbocycles. The normalized spacial score (nSPS) is 12.2. The lowest BCUT2D eigenvalue weighted by atomic mass is 10.2. The number of aliphatic hydroxyl groups excluding tert-OH is 1. The number of fused-ring (bicyclic) bond motifs is 1. The number of rotatable bonds is 6. The Morgan fingerprint density at radius 2 is 1.88 bits per heavy atom. The summed E-state index contributed by atoms with van der Waals surface area (Å²) in [5, 5.41) is 9.62. The molecule has 1 unspecified atom stereocenters. The first-order chi connectivity index (χ1) is 11.7. The molecule has 5 heteroatoms. The summed E-state index contributed by atoms with van der Waals surface area (Å²) < 4.78 is 7.26. The van der Waals surface area contributed by atoms with Gasteiger partial charge in [-0.3, -0.25) is 0 Å². The Labute approximate surface area is 140 Å². The van der Waals surface area contributed by atoms with Crippen molar-refractivity contribution in [2.75, 3.05) is 0 Å². The van der Waals surface area contributed by atoms with E-state index in [1.807, 2.05) is 61.5 Å². The van der Waals surface area contributed by atoms with E-state index >= 15 is 0 Å². The fourth-order valence-corrected chi connectivity index (χ4v) is 2.83. The van der Waals surface area contributed by atoms with E-state index in [1.165, 1.54) is 0 Å². The minimum Gasteiger partial charge on any atom is -0.459 e. The highest BCUT2D eigenvalue weighted by atomic mass is 16.5. The van der Waals surface area contributed by atoms with Gasteiger partial charge in [0.05, 0.1) is 11.0 Å². The van der Waals surface area contributed by atoms with Gasteiger partial charge in [-0.2, -0.15) is 0 Å². The van der Waals surface area contributed by atoms with Crippen molar-refractivity contribution < 1.29 is 14.6 Å². The summed E-state index contributed by atoms with van der Waals surface area (Å²) in [6, 6.07) is 16.6. The predicted octanol–water partition coefficient (Wildman–Crippen LogP) is 3.22. The lowest BCUT2D eigenvalue weighted by molar-refractivity contribution is -0.149. The molecule has 0 aliphatic heterocycles. The fourth-order valence-electron chi connectivity index (χ4n) is 2.83. The van der Waals surface area contributed by atoms with Gasteiger partial charge in [0.1, 0.15) is 25.1 Å². The summed E-state index contributed by atoms with van der Waals surface area (Å²) >= 11 is 0. The molecule has 0 spiro atoms. The fraction of sp³-hybridized carbons (Fsp3) is 0.263. The van der Waals surface area contributed by atoms with Crippen LogP contribution in [0, 0.1) is 0 Å². The number of hydrogen-bond acceptors (Lipinski definition) is 4. The molecular formula is C19H20N2O3. The Morgan fingerprint density at radius 1 is 1.17 bits per heavy atom. The highest BCUT2D eigenvalue weighted by Gasteiger charge is 2.25. The summed E-state index contributed by atoms with van der Waals surface area (Å²) in [5.41, 5.74) is 2.53. The summed E-state index contributed by atoms with van der Waals surface area (Å²) in [6.07, 6.45) is 0.557. The maximum Gasteiger partial charge on any atom is 0.329 e. The molecule has 0 bridgehead atoms. The third-order valence-electron chi connectivity index (χ3n) is 4.00. The molecule has 0 radical (unpaired) electrons. The molecule has 2 aromatic carbocycles. The van der Waals surface area contributed by atoms with E-state index in [9.17, 15) is 9.90 Å². The minimum absolute atomic E-state index is 0.225. The van der Waals surface area contributed by atoms with Crippen LogP contribution in [0.5, 0.6) is 0 Å². The first-order valence-electron chi connectivity index (χ1n) is 8.01.